The van der Waals surface area contributed by atoms with Crippen molar-refractivity contribution in [3.63, 3.8) is 0 Å². The Balaban J connectivity index is 2.08. The van der Waals surface area contributed by atoms with Crippen molar-refractivity contribution in [2.45, 2.75) is 0 Å². The summed E-state index contributed by atoms with van der Waals surface area (Å²) in [6, 6.07) is 4.68. The number of nitrogens with one attached hydrogen (secondary N) is 1. The fourth-order valence-corrected chi connectivity index (χ4v) is 2.84. The van der Waals surface area contributed by atoms with Crippen molar-refractivity contribution >= 4 is 40.8 Å². The summed E-state index contributed by atoms with van der Waals surface area (Å²) in [5, 5.41) is 0.511. The lowest BCUT2D eigenvalue weighted by Gasteiger charge is -2.31. The van der Waals surface area contributed by atoms with Gasteiger partial charge in [0.2, 0.25) is 0 Å². The quantitative estimate of drug-likeness (QED) is 0.849. The van der Waals surface area contributed by atoms with Crippen LogP contribution in [0.3, 0.4) is 0 Å². The van der Waals surface area contributed by atoms with Gasteiger partial charge in [-0.25, -0.2) is 19.7 Å². The van der Waals surface area contributed by atoms with Crippen LogP contribution in [-0.2, 0) is 4.79 Å². The van der Waals surface area contributed by atoms with Gasteiger partial charge < -0.3 is 4.74 Å². The van der Waals surface area contributed by atoms with Gasteiger partial charge in [0.15, 0.2) is 5.92 Å². The highest BCUT2D eigenvalue weighted by atomic mass is 35.5. The molecule has 3 amide bonds. The van der Waals surface area contributed by atoms with Crippen LogP contribution >= 0.6 is 11.6 Å². The van der Waals surface area contributed by atoms with Gasteiger partial charge in [-0.3, -0.25) is 4.79 Å². The molecule has 2 heterocycles. The molecule has 3 rings (SSSR count). The minimum absolute atomic E-state index is 0.343. The Hall–Kier alpha value is -2.67. The number of rotatable bonds is 2. The number of amidine groups is 1. The zero-order chi connectivity index (χ0) is 17.4. The number of benzene rings is 1. The number of imide groups is 1. The molecule has 1 aromatic rings. The molecule has 0 spiro atoms. The van der Waals surface area contributed by atoms with Gasteiger partial charge in [0.05, 0.1) is 26.1 Å². The summed E-state index contributed by atoms with van der Waals surface area (Å²) >= 11 is 6.03. The minimum atomic E-state index is -0.689. The Morgan fingerprint density at radius 1 is 1.25 bits per heavy atom. The molecule has 1 aromatic carbocycles. The molecule has 2 aliphatic rings. The van der Waals surface area contributed by atoms with Gasteiger partial charge in [0.25, 0.3) is 11.7 Å². The van der Waals surface area contributed by atoms with Gasteiger partial charge >= 0.3 is 6.03 Å². The van der Waals surface area contributed by atoms with E-state index in [0.29, 0.717) is 28.0 Å². The molecule has 0 saturated carbocycles. The summed E-state index contributed by atoms with van der Waals surface area (Å²) < 4.78 is 5.29. The molecule has 7 nitrogen and oxygen atoms in total. The molecule has 0 radical (unpaired) electrons. The molecular weight excluding hydrogens is 332 g/mol. The van der Waals surface area contributed by atoms with Crippen LogP contribution in [0.25, 0.3) is 0 Å². The number of allylic oxidation sites excluding steroid dienone is 1. The lowest BCUT2D eigenvalue weighted by molar-refractivity contribution is -0.382. The second-order valence-corrected chi connectivity index (χ2v) is 5.82. The predicted octanol–water partition coefficient (Wildman–Crippen LogP) is 0.567. The lowest BCUT2D eigenvalue weighted by atomic mass is 9.95. The number of nitrogens with zero attached hydrogens (tertiary/aromatic N) is 3. The molecule has 124 valence electrons. The summed E-state index contributed by atoms with van der Waals surface area (Å²) in [6.07, 6.45) is 3.34. The van der Waals surface area contributed by atoms with E-state index in [9.17, 15) is 9.59 Å². The number of aliphatic imine (C=N–C) groups is 1. The van der Waals surface area contributed by atoms with Crippen LogP contribution in [0.2, 0.25) is 5.02 Å². The van der Waals surface area contributed by atoms with Crippen molar-refractivity contribution < 1.29 is 19.3 Å². The largest absolute Gasteiger partial charge is 0.494 e. The average molecular weight is 348 g/mol. The van der Waals surface area contributed by atoms with Crippen molar-refractivity contribution in [2.24, 2.45) is 10.9 Å². The van der Waals surface area contributed by atoms with E-state index in [2.05, 4.69) is 9.98 Å². The van der Waals surface area contributed by atoms with Crippen molar-refractivity contribution in [3.8, 4) is 5.75 Å². The fourth-order valence-electron chi connectivity index (χ4n) is 2.67. The normalized spacial score (nSPS) is 21.9. The second-order valence-electron chi connectivity index (χ2n) is 5.39. The molecule has 1 atom stereocenters. The smallest absolute Gasteiger partial charge is 0.417 e. The van der Waals surface area contributed by atoms with Crippen molar-refractivity contribution in [2.75, 3.05) is 21.2 Å². The number of carbonyl (C=O) groups excluding carboxylic acids is 2. The molecule has 8 heteroatoms. The van der Waals surface area contributed by atoms with Crippen LogP contribution < -0.4 is 9.73 Å². The van der Waals surface area contributed by atoms with Gasteiger partial charge in [-0.05, 0) is 18.2 Å². The number of carbonyl (C=O) groups is 2. The number of methoxy groups -OCH3 is 1. The summed E-state index contributed by atoms with van der Waals surface area (Å²) in [4.78, 5) is 34.7. The Labute approximate surface area is 143 Å². The molecule has 2 aliphatic heterocycles. The van der Waals surface area contributed by atoms with E-state index in [1.165, 1.54) is 19.1 Å². The Kier molecular flexibility index (Phi) is 4.11. The number of hydrogen-bond donors (Lipinski definition) is 1. The van der Waals surface area contributed by atoms with E-state index < -0.39 is 11.9 Å². The van der Waals surface area contributed by atoms with E-state index >= 15 is 0 Å². The first kappa shape index (κ1) is 16.2. The van der Waals surface area contributed by atoms with Crippen molar-refractivity contribution in [1.82, 2.24) is 9.80 Å². The van der Waals surface area contributed by atoms with E-state index in [4.69, 9.17) is 16.3 Å². The zero-order valence-electron chi connectivity index (χ0n) is 13.4. The Morgan fingerprint density at radius 2 is 2.00 bits per heavy atom. The maximum Gasteiger partial charge on any atom is 0.417 e. The Morgan fingerprint density at radius 3 is 2.71 bits per heavy atom. The molecule has 0 aliphatic carbocycles. The number of urea groups is 1. The van der Waals surface area contributed by atoms with Crippen LogP contribution in [0.4, 0.5) is 10.5 Å². The summed E-state index contributed by atoms with van der Waals surface area (Å²) in [7, 11) is 4.60. The summed E-state index contributed by atoms with van der Waals surface area (Å²) in [5.41, 5.74) is 1.02. The van der Waals surface area contributed by atoms with Crippen LogP contribution in [0.1, 0.15) is 0 Å². The van der Waals surface area contributed by atoms with Gasteiger partial charge in [0, 0.05) is 18.1 Å². The first-order valence-corrected chi connectivity index (χ1v) is 7.59. The van der Waals surface area contributed by atoms with E-state index in [0.717, 1.165) is 4.90 Å². The molecule has 1 fully saturated rings. The van der Waals surface area contributed by atoms with Crippen LogP contribution in [0.15, 0.2) is 35.5 Å². The second kappa shape index (κ2) is 6.09. The highest BCUT2D eigenvalue weighted by Crippen LogP contribution is 2.32. The van der Waals surface area contributed by atoms with E-state index in [1.807, 2.05) is 0 Å². The van der Waals surface area contributed by atoms with Crippen molar-refractivity contribution in [1.29, 1.82) is 0 Å². The molecule has 1 unspecified atom stereocenters. The lowest BCUT2D eigenvalue weighted by Crippen LogP contribution is -2.79. The monoisotopic (exact) mass is 347 g/mol. The van der Waals surface area contributed by atoms with Crippen LogP contribution in [0.5, 0.6) is 5.75 Å². The minimum Gasteiger partial charge on any atom is -0.494 e. The highest BCUT2D eigenvalue weighted by Gasteiger charge is 2.49. The zero-order valence-corrected chi connectivity index (χ0v) is 14.2. The predicted molar refractivity (Wildman–Crippen MR) is 89.6 cm³/mol. The number of amides is 3. The summed E-state index contributed by atoms with van der Waals surface area (Å²) in [6.45, 7) is 0. The fraction of sp³-hybridized carbons (Fsp3) is 0.250. The van der Waals surface area contributed by atoms with Crippen LogP contribution in [-0.4, -0.2) is 54.5 Å². The third kappa shape index (κ3) is 2.56. The number of halogens is 1. The van der Waals surface area contributed by atoms with Gasteiger partial charge in [0.1, 0.15) is 11.4 Å². The molecule has 0 bridgehead atoms. The number of hydrogen-bond acceptors (Lipinski definition) is 4. The van der Waals surface area contributed by atoms with E-state index in [-0.39, 0.29) is 5.91 Å². The number of ether oxygens (including phenoxy) is 1. The standard InChI is InChI=1S/C16H15ClN4O3/c1-20-14-13(15(22)21(2)16(20)23)10(6-7-18-14)19-11-8-9(17)4-5-12(11)24-3/h4-8,13H,1-3H3/p+1. The molecule has 1 N–H and O–H groups in total. The maximum absolute atomic E-state index is 12.6. The first-order valence-electron chi connectivity index (χ1n) is 7.21. The SMILES string of the molecule is COc1ccc(Cl)cc1N=C1C=C[NH+]=C2C1C(=O)N(C)C(=O)N2C. The molecule has 1 saturated heterocycles. The Bertz CT molecular complexity index is 816. The number of fused-ring (bicyclic) bond motifs is 1. The van der Waals surface area contributed by atoms with Crippen molar-refractivity contribution in [3.05, 3.63) is 35.5 Å². The molecule has 0 aromatic heterocycles. The van der Waals surface area contributed by atoms with Gasteiger partial charge in [-0.2, -0.15) is 4.90 Å². The third-order valence-corrected chi connectivity index (χ3v) is 4.19. The topological polar surface area (TPSA) is 76.2 Å². The average Bonchev–Trinajstić information content (AvgIpc) is 2.58. The first-order chi connectivity index (χ1) is 11.4. The summed E-state index contributed by atoms with van der Waals surface area (Å²) in [5.74, 6) is -0.0112. The van der Waals surface area contributed by atoms with E-state index in [1.54, 1.807) is 37.5 Å². The molecule has 24 heavy (non-hydrogen) atoms. The third-order valence-electron chi connectivity index (χ3n) is 3.96. The van der Waals surface area contributed by atoms with Crippen LogP contribution in [0, 0.1) is 5.92 Å². The maximum atomic E-state index is 12.6. The van der Waals surface area contributed by atoms with Gasteiger partial charge in [-0.15, -0.1) is 0 Å². The molecular formula is C16H16ClN4O3+. The van der Waals surface area contributed by atoms with Gasteiger partial charge in [-0.1, -0.05) is 11.6 Å². The highest BCUT2D eigenvalue weighted by molar-refractivity contribution is 6.31.